The maximum Gasteiger partial charge on any atom is 0.288 e. The lowest BCUT2D eigenvalue weighted by atomic mass is 10.2. The molecule has 7 nitrogen and oxygen atoms in total. The van der Waals surface area contributed by atoms with Gasteiger partial charge in [-0.05, 0) is 31.6 Å². The van der Waals surface area contributed by atoms with Gasteiger partial charge in [-0.25, -0.2) is 4.98 Å². The Hall–Kier alpha value is -2.18. The lowest BCUT2D eigenvalue weighted by molar-refractivity contribution is -0.385. The van der Waals surface area contributed by atoms with Gasteiger partial charge in [0.25, 0.3) is 11.6 Å². The molecule has 1 heterocycles. The molecule has 0 spiro atoms. The van der Waals surface area contributed by atoms with Crippen molar-refractivity contribution in [3.8, 4) is 0 Å². The molecule has 0 atom stereocenters. The maximum absolute atomic E-state index is 12.6. The molecular formula is C13H16N4O3. The standard InChI is InChI=1S/C13H16N4O3/c14-12-11(5-10(6-15-12)17(19)20)13(18)16(9-3-4-9)7-8-1-2-8/h5-6,8-9H,1-4,7H2,(H2,14,15). The zero-order valence-electron chi connectivity index (χ0n) is 11.0. The Morgan fingerprint density at radius 2 is 2.15 bits per heavy atom. The molecule has 2 saturated carbocycles. The Labute approximate surface area is 115 Å². The summed E-state index contributed by atoms with van der Waals surface area (Å²) in [5.41, 5.74) is 5.66. The molecule has 1 amide bonds. The van der Waals surface area contributed by atoms with Gasteiger partial charge in [-0.3, -0.25) is 14.9 Å². The van der Waals surface area contributed by atoms with Gasteiger partial charge in [0.1, 0.15) is 12.0 Å². The van der Waals surface area contributed by atoms with Crippen LogP contribution in [0.3, 0.4) is 0 Å². The van der Waals surface area contributed by atoms with Crippen LogP contribution in [-0.4, -0.2) is 33.3 Å². The number of nitrogens with zero attached hydrogens (tertiary/aromatic N) is 3. The number of pyridine rings is 1. The molecule has 7 heteroatoms. The van der Waals surface area contributed by atoms with Crippen molar-refractivity contribution >= 4 is 17.4 Å². The number of hydrogen-bond acceptors (Lipinski definition) is 5. The fourth-order valence-corrected chi connectivity index (χ4v) is 2.25. The van der Waals surface area contributed by atoms with Gasteiger partial charge < -0.3 is 10.6 Å². The average Bonchev–Trinajstić information content (AvgIpc) is 3.27. The SMILES string of the molecule is Nc1ncc([N+](=O)[O-])cc1C(=O)N(CC1CC1)C1CC1. The van der Waals surface area contributed by atoms with E-state index in [9.17, 15) is 14.9 Å². The lowest BCUT2D eigenvalue weighted by Crippen LogP contribution is -2.35. The minimum absolute atomic E-state index is 0.0575. The number of nitro groups is 1. The molecule has 106 valence electrons. The second-order valence-corrected chi connectivity index (χ2v) is 5.52. The molecule has 2 fully saturated rings. The zero-order valence-corrected chi connectivity index (χ0v) is 11.0. The summed E-state index contributed by atoms with van der Waals surface area (Å²) < 4.78 is 0. The number of carbonyl (C=O) groups is 1. The first-order valence-corrected chi connectivity index (χ1v) is 6.77. The van der Waals surface area contributed by atoms with E-state index < -0.39 is 4.92 Å². The minimum Gasteiger partial charge on any atom is -0.383 e. The highest BCUT2D eigenvalue weighted by molar-refractivity contribution is 5.99. The van der Waals surface area contributed by atoms with Crippen molar-refractivity contribution in [2.45, 2.75) is 31.7 Å². The summed E-state index contributed by atoms with van der Waals surface area (Å²) in [4.78, 5) is 28.4. The Morgan fingerprint density at radius 1 is 1.45 bits per heavy atom. The van der Waals surface area contributed by atoms with Crippen LogP contribution in [0.2, 0.25) is 0 Å². The van der Waals surface area contributed by atoms with Crippen LogP contribution in [0.15, 0.2) is 12.3 Å². The summed E-state index contributed by atoms with van der Waals surface area (Å²) in [6.07, 6.45) is 5.38. The van der Waals surface area contributed by atoms with Crippen LogP contribution in [0, 0.1) is 16.0 Å². The lowest BCUT2D eigenvalue weighted by Gasteiger charge is -2.22. The van der Waals surface area contributed by atoms with Crippen molar-refractivity contribution in [3.63, 3.8) is 0 Å². The highest BCUT2D eigenvalue weighted by atomic mass is 16.6. The fraction of sp³-hybridized carbons (Fsp3) is 0.538. The van der Waals surface area contributed by atoms with Crippen LogP contribution in [0.1, 0.15) is 36.0 Å². The summed E-state index contributed by atoms with van der Waals surface area (Å²) in [6.45, 7) is 0.728. The molecule has 20 heavy (non-hydrogen) atoms. The van der Waals surface area contributed by atoms with Gasteiger partial charge in [0, 0.05) is 18.7 Å². The Balaban J connectivity index is 1.87. The summed E-state index contributed by atoms with van der Waals surface area (Å²) in [6, 6.07) is 1.49. The summed E-state index contributed by atoms with van der Waals surface area (Å²) in [5, 5.41) is 10.8. The van der Waals surface area contributed by atoms with Crippen LogP contribution in [0.25, 0.3) is 0 Å². The highest BCUT2D eigenvalue weighted by Gasteiger charge is 2.37. The number of nitrogen functional groups attached to an aromatic ring is 1. The number of carbonyl (C=O) groups excluding carboxylic acids is 1. The molecule has 1 aromatic heterocycles. The van der Waals surface area contributed by atoms with Gasteiger partial charge in [0.05, 0.1) is 10.5 Å². The van der Waals surface area contributed by atoms with Gasteiger partial charge in [-0.15, -0.1) is 0 Å². The van der Waals surface area contributed by atoms with Crippen LogP contribution in [0.5, 0.6) is 0 Å². The van der Waals surface area contributed by atoms with Crippen LogP contribution in [0.4, 0.5) is 11.5 Å². The molecule has 2 aliphatic rings. The maximum atomic E-state index is 12.6. The smallest absolute Gasteiger partial charge is 0.288 e. The number of hydrogen-bond donors (Lipinski definition) is 1. The molecule has 0 aliphatic heterocycles. The van der Waals surface area contributed by atoms with Crippen molar-refractivity contribution in [2.75, 3.05) is 12.3 Å². The number of aromatic nitrogens is 1. The Bertz CT molecular complexity index is 567. The van der Waals surface area contributed by atoms with E-state index in [0.717, 1.165) is 38.4 Å². The molecule has 0 unspecified atom stereocenters. The minimum atomic E-state index is -0.564. The van der Waals surface area contributed by atoms with Gasteiger partial charge in [0.15, 0.2) is 0 Å². The summed E-state index contributed by atoms with van der Waals surface area (Å²) in [5.74, 6) is 0.405. The predicted molar refractivity (Wildman–Crippen MR) is 72.1 cm³/mol. The van der Waals surface area contributed by atoms with Crippen molar-refractivity contribution in [1.82, 2.24) is 9.88 Å². The van der Waals surface area contributed by atoms with E-state index >= 15 is 0 Å². The monoisotopic (exact) mass is 276 g/mol. The highest BCUT2D eigenvalue weighted by Crippen LogP contribution is 2.36. The molecule has 0 saturated heterocycles. The van der Waals surface area contributed by atoms with Gasteiger partial charge >= 0.3 is 0 Å². The first-order chi connectivity index (χ1) is 9.56. The van der Waals surface area contributed by atoms with E-state index in [2.05, 4.69) is 4.98 Å². The molecular weight excluding hydrogens is 260 g/mol. The van der Waals surface area contributed by atoms with Crippen molar-refractivity contribution in [2.24, 2.45) is 5.92 Å². The molecule has 0 aromatic carbocycles. The van der Waals surface area contributed by atoms with Crippen LogP contribution >= 0.6 is 0 Å². The third-order valence-electron chi connectivity index (χ3n) is 3.75. The van der Waals surface area contributed by atoms with Crippen molar-refractivity contribution in [1.29, 1.82) is 0 Å². The van der Waals surface area contributed by atoms with E-state index in [1.54, 1.807) is 0 Å². The van der Waals surface area contributed by atoms with Gasteiger partial charge in [0.2, 0.25) is 0 Å². The fourth-order valence-electron chi connectivity index (χ4n) is 2.25. The zero-order chi connectivity index (χ0) is 14.3. The molecule has 0 radical (unpaired) electrons. The van der Waals surface area contributed by atoms with Gasteiger partial charge in [-0.1, -0.05) is 0 Å². The summed E-state index contributed by atoms with van der Waals surface area (Å²) in [7, 11) is 0. The van der Waals surface area contributed by atoms with Crippen molar-refractivity contribution in [3.05, 3.63) is 27.9 Å². The van der Waals surface area contributed by atoms with Crippen LogP contribution < -0.4 is 5.73 Å². The third kappa shape index (κ3) is 2.56. The molecule has 2 N–H and O–H groups in total. The molecule has 1 aromatic rings. The molecule has 3 rings (SSSR count). The van der Waals surface area contributed by atoms with E-state index in [1.807, 2.05) is 4.90 Å². The number of anilines is 1. The topological polar surface area (TPSA) is 102 Å². The molecule has 2 aliphatic carbocycles. The summed E-state index contributed by atoms with van der Waals surface area (Å²) >= 11 is 0. The largest absolute Gasteiger partial charge is 0.383 e. The van der Waals surface area contributed by atoms with E-state index in [4.69, 9.17) is 5.73 Å². The third-order valence-corrected chi connectivity index (χ3v) is 3.75. The van der Waals surface area contributed by atoms with E-state index in [0.29, 0.717) is 5.92 Å². The van der Waals surface area contributed by atoms with Crippen LogP contribution in [-0.2, 0) is 0 Å². The Morgan fingerprint density at radius 3 is 2.70 bits per heavy atom. The first-order valence-electron chi connectivity index (χ1n) is 6.77. The van der Waals surface area contributed by atoms with Crippen molar-refractivity contribution < 1.29 is 9.72 Å². The predicted octanol–water partition coefficient (Wildman–Crippen LogP) is 1.59. The normalized spacial score (nSPS) is 17.8. The van der Waals surface area contributed by atoms with E-state index in [-0.39, 0.29) is 29.0 Å². The average molecular weight is 276 g/mol. The number of amides is 1. The first kappa shape index (κ1) is 12.8. The molecule has 0 bridgehead atoms. The Kier molecular flexibility index (Phi) is 3.04. The number of nitrogens with two attached hydrogens (primary N) is 1. The second-order valence-electron chi connectivity index (χ2n) is 5.52. The quantitative estimate of drug-likeness (QED) is 0.649. The second kappa shape index (κ2) is 4.73. The van der Waals surface area contributed by atoms with E-state index in [1.165, 1.54) is 6.07 Å². The number of rotatable bonds is 5. The van der Waals surface area contributed by atoms with Gasteiger partial charge in [-0.2, -0.15) is 0 Å².